The van der Waals surface area contributed by atoms with E-state index in [1.165, 1.54) is 13.1 Å². The molecule has 15 heteroatoms. The van der Waals surface area contributed by atoms with E-state index >= 15 is 0 Å². The van der Waals surface area contributed by atoms with Crippen LogP contribution >= 0.6 is 70.4 Å². The highest BCUT2D eigenvalue weighted by Gasteiger charge is 2.26. The van der Waals surface area contributed by atoms with Gasteiger partial charge in [0.15, 0.2) is 0 Å². The summed E-state index contributed by atoms with van der Waals surface area (Å²) in [6, 6.07) is 13.0. The number of alkyl halides is 1. The average Bonchev–Trinajstić information content (AvgIpc) is 3.15. The predicted octanol–water partition coefficient (Wildman–Crippen LogP) is 8.35. The van der Waals surface area contributed by atoms with Gasteiger partial charge in [0.1, 0.15) is 5.60 Å². The van der Waals surface area contributed by atoms with Crippen LogP contribution in [0, 0.1) is 0 Å². The van der Waals surface area contributed by atoms with Gasteiger partial charge in [-0.1, -0.05) is 36.4 Å². The molecule has 1 N–H and O–H groups in total. The zero-order valence-corrected chi connectivity index (χ0v) is 41.3. The fraction of sp³-hybridized carbons (Fsp3) is 0.610. The van der Waals surface area contributed by atoms with Crippen molar-refractivity contribution in [2.45, 2.75) is 83.7 Å². The van der Waals surface area contributed by atoms with E-state index in [1.54, 1.807) is 4.90 Å². The Hall–Kier alpha value is -1.31. The molecule has 1 amide bonds. The van der Waals surface area contributed by atoms with E-state index in [1.807, 2.05) is 57.6 Å². The third-order valence-corrected chi connectivity index (χ3v) is 10.3. The first-order chi connectivity index (χ1) is 26.6. The van der Waals surface area contributed by atoms with E-state index in [0.717, 1.165) is 106 Å². The first-order valence-corrected chi connectivity index (χ1v) is 23.2. The highest BCUT2D eigenvalue weighted by Crippen LogP contribution is 2.15. The van der Waals surface area contributed by atoms with Gasteiger partial charge in [-0.15, -0.1) is 0 Å². The van der Waals surface area contributed by atoms with Crippen molar-refractivity contribution in [2.24, 2.45) is 0 Å². The van der Waals surface area contributed by atoms with E-state index in [0.29, 0.717) is 19.1 Å². The maximum absolute atomic E-state index is 12.0. The number of pyridine rings is 3. The number of carbonyl (C=O) groups is 1. The van der Waals surface area contributed by atoms with Crippen molar-refractivity contribution in [3.05, 3.63) is 85.5 Å². The molecule has 3 aliphatic rings. The fourth-order valence-electron chi connectivity index (χ4n) is 5.91. The second-order valence-electron chi connectivity index (χ2n) is 15.6. The lowest BCUT2D eigenvalue weighted by Crippen LogP contribution is -2.49. The topological polar surface area (TPSA) is 93.2 Å². The summed E-state index contributed by atoms with van der Waals surface area (Å²) in [7, 11) is 0. The number of aromatic nitrogens is 3. The molecule has 3 aliphatic heterocycles. The number of ether oxygens (including phenoxy) is 1. The number of hydrogen-bond donors (Lipinski definition) is 1. The van der Waals surface area contributed by atoms with Crippen molar-refractivity contribution >= 4 is 76.5 Å². The zero-order valence-electron chi connectivity index (χ0n) is 34.4. The number of carbonyl (C=O) groups excluding carboxylic acids is 1. The molecule has 6 rings (SSSR count). The molecule has 0 aromatic carbocycles. The summed E-state index contributed by atoms with van der Waals surface area (Å²) < 4.78 is 9.28. The Bertz CT molecular complexity index is 1510. The number of piperazine rings is 3. The molecule has 56 heavy (non-hydrogen) atoms. The van der Waals surface area contributed by atoms with E-state index in [2.05, 4.69) is 156 Å². The van der Waals surface area contributed by atoms with Crippen molar-refractivity contribution in [1.29, 1.82) is 0 Å². The van der Waals surface area contributed by atoms with Crippen molar-refractivity contribution in [2.75, 3.05) is 78.5 Å². The standard InChI is InChI=1S/C15H22BrN3O2.C13H20BrN3.C10H14BrN3.C3H7I/c1-15(2,3)21-14(20)19-8-6-18(7-9-19)11-13-5-4-12(16)10-17-13;1-11(2)17-7-5-16(6-8-17)10-13-4-3-12(14)9-15-13;11-9-1-2-10(13-7-9)8-14-5-3-12-4-6-14;1-3(2)4/h4-5,10H,6-9,11H2,1-3H3;3-4,9,11H,5-8,10H2,1-2H3;1-2,7,12H,3-6,8H2;3H,1-2H3. The maximum Gasteiger partial charge on any atom is 0.410 e. The van der Waals surface area contributed by atoms with Gasteiger partial charge in [0, 0.05) is 140 Å². The number of halogens is 4. The summed E-state index contributed by atoms with van der Waals surface area (Å²) in [6.07, 6.45) is 5.33. The summed E-state index contributed by atoms with van der Waals surface area (Å²) in [4.78, 5) is 36.7. The van der Waals surface area contributed by atoms with Crippen LogP contribution in [0.3, 0.4) is 0 Å². The van der Waals surface area contributed by atoms with Crippen LogP contribution in [0.5, 0.6) is 0 Å². The average molecular weight is 1080 g/mol. The number of nitrogens with one attached hydrogen (secondary N) is 1. The summed E-state index contributed by atoms with van der Waals surface area (Å²) in [6.45, 7) is 29.4. The van der Waals surface area contributed by atoms with Crippen LogP contribution < -0.4 is 5.32 Å². The molecule has 0 bridgehead atoms. The van der Waals surface area contributed by atoms with Crippen LogP contribution in [-0.2, 0) is 24.4 Å². The Morgan fingerprint density at radius 3 is 1.34 bits per heavy atom. The van der Waals surface area contributed by atoms with Crippen LogP contribution in [0.1, 0.15) is 65.5 Å². The van der Waals surface area contributed by atoms with Gasteiger partial charge in [0.2, 0.25) is 0 Å². The van der Waals surface area contributed by atoms with Crippen LogP contribution in [0.2, 0.25) is 0 Å². The molecule has 3 aromatic heterocycles. The lowest BCUT2D eigenvalue weighted by Gasteiger charge is -2.36. The van der Waals surface area contributed by atoms with Crippen molar-refractivity contribution in [3.63, 3.8) is 0 Å². The lowest BCUT2D eigenvalue weighted by molar-refractivity contribution is 0.0138. The fourth-order valence-corrected chi connectivity index (χ4v) is 6.61. The summed E-state index contributed by atoms with van der Waals surface area (Å²) in [5, 5.41) is 3.34. The summed E-state index contributed by atoms with van der Waals surface area (Å²) in [5.41, 5.74) is 2.92. The molecule has 0 atom stereocenters. The molecule has 3 aromatic rings. The molecule has 0 aliphatic carbocycles. The molecule has 0 unspecified atom stereocenters. The first kappa shape index (κ1) is 49.1. The molecule has 312 valence electrons. The largest absolute Gasteiger partial charge is 0.444 e. The van der Waals surface area contributed by atoms with Gasteiger partial charge < -0.3 is 15.0 Å². The Morgan fingerprint density at radius 1 is 0.661 bits per heavy atom. The van der Waals surface area contributed by atoms with Crippen LogP contribution in [-0.4, -0.2) is 140 Å². The molecule has 0 radical (unpaired) electrons. The number of rotatable bonds is 7. The monoisotopic (exact) mass is 1080 g/mol. The minimum absolute atomic E-state index is 0.219. The Balaban J connectivity index is 0.000000218. The van der Waals surface area contributed by atoms with Gasteiger partial charge >= 0.3 is 6.09 Å². The van der Waals surface area contributed by atoms with Crippen LogP contribution in [0.15, 0.2) is 68.4 Å². The SMILES string of the molecule is Brc1ccc(CN2CCNCC2)nc1.CC(C)(C)OC(=O)N1CCN(Cc2ccc(Br)cn2)CC1.CC(C)I.CC(C)N1CCN(Cc2ccc(Br)cn2)CC1. The molecule has 6 heterocycles. The van der Waals surface area contributed by atoms with Crippen LogP contribution in [0.4, 0.5) is 4.79 Å². The molecule has 0 saturated carbocycles. The highest BCUT2D eigenvalue weighted by atomic mass is 127. The van der Waals surface area contributed by atoms with E-state index in [4.69, 9.17) is 4.74 Å². The Labute approximate surface area is 375 Å². The Kier molecular flexibility index (Phi) is 22.8. The van der Waals surface area contributed by atoms with E-state index < -0.39 is 5.60 Å². The number of hydrogen-bond acceptors (Lipinski definition) is 10. The number of amides is 1. The van der Waals surface area contributed by atoms with Crippen molar-refractivity contribution in [1.82, 2.24) is 44.8 Å². The summed E-state index contributed by atoms with van der Waals surface area (Å²) in [5.74, 6) is 0. The quantitative estimate of drug-likeness (QED) is 0.184. The highest BCUT2D eigenvalue weighted by molar-refractivity contribution is 14.1. The first-order valence-electron chi connectivity index (χ1n) is 19.6. The van der Waals surface area contributed by atoms with Gasteiger partial charge in [0.05, 0.1) is 17.1 Å². The van der Waals surface area contributed by atoms with Gasteiger partial charge in [-0.25, -0.2) is 4.79 Å². The molecule has 11 nitrogen and oxygen atoms in total. The smallest absolute Gasteiger partial charge is 0.410 e. The second-order valence-corrected chi connectivity index (χ2v) is 20.8. The zero-order chi connectivity index (χ0) is 41.1. The predicted molar refractivity (Wildman–Crippen MR) is 248 cm³/mol. The molecule has 3 saturated heterocycles. The van der Waals surface area contributed by atoms with Gasteiger partial charge in [-0.2, -0.15) is 0 Å². The minimum atomic E-state index is -0.435. The third kappa shape index (κ3) is 21.1. The van der Waals surface area contributed by atoms with Gasteiger partial charge in [-0.05, 0) is 119 Å². The van der Waals surface area contributed by atoms with Crippen LogP contribution in [0.25, 0.3) is 0 Å². The van der Waals surface area contributed by atoms with E-state index in [-0.39, 0.29) is 6.09 Å². The normalized spacial score (nSPS) is 17.3. The van der Waals surface area contributed by atoms with E-state index in [9.17, 15) is 4.79 Å². The maximum atomic E-state index is 12.0. The molecular weight excluding hydrogens is 1020 g/mol. The molecular formula is C41H63Br3IN9O2. The number of nitrogens with zero attached hydrogens (tertiary/aromatic N) is 8. The summed E-state index contributed by atoms with van der Waals surface area (Å²) >= 11 is 12.5. The van der Waals surface area contributed by atoms with Gasteiger partial charge in [0.25, 0.3) is 0 Å². The molecule has 0 spiro atoms. The third-order valence-electron chi connectivity index (χ3n) is 8.89. The van der Waals surface area contributed by atoms with Crippen molar-refractivity contribution in [3.8, 4) is 0 Å². The van der Waals surface area contributed by atoms with Gasteiger partial charge in [-0.3, -0.25) is 34.6 Å². The second kappa shape index (κ2) is 26.0. The van der Waals surface area contributed by atoms with Crippen molar-refractivity contribution < 1.29 is 9.53 Å². The molecule has 3 fully saturated rings. The Morgan fingerprint density at radius 2 is 1.02 bits per heavy atom. The lowest BCUT2D eigenvalue weighted by atomic mass is 10.2. The minimum Gasteiger partial charge on any atom is -0.444 e.